The molecule has 1 aromatic heterocycles. The van der Waals surface area contributed by atoms with Crippen molar-refractivity contribution >= 4 is 5.97 Å². The Morgan fingerprint density at radius 1 is 1.50 bits per heavy atom. The smallest absolute Gasteiger partial charge is 0.354 e. The zero-order chi connectivity index (χ0) is 10.6. The highest BCUT2D eigenvalue weighted by atomic mass is 16.5. The van der Waals surface area contributed by atoms with E-state index in [0.29, 0.717) is 24.7 Å². The molecule has 0 atom stereocenters. The molecule has 0 aromatic carbocycles. The standard InChI is InChI=1S/C9H12N2O3/c1-3-7-10-6(9(12)13)5-8(11-7)14-4-2/h5H,3-4H2,1-2H3,(H,12,13). The minimum atomic E-state index is -1.07. The SMILES string of the molecule is CCOc1cc(C(=O)O)nc(CC)n1. The van der Waals surface area contributed by atoms with Crippen LogP contribution in [0.15, 0.2) is 6.07 Å². The fourth-order valence-electron chi connectivity index (χ4n) is 0.962. The zero-order valence-electron chi connectivity index (χ0n) is 8.15. The molecular weight excluding hydrogens is 184 g/mol. The first-order valence-corrected chi connectivity index (χ1v) is 4.41. The van der Waals surface area contributed by atoms with Crippen LogP contribution in [0.5, 0.6) is 5.88 Å². The maximum Gasteiger partial charge on any atom is 0.354 e. The topological polar surface area (TPSA) is 72.3 Å². The number of nitrogens with zero attached hydrogens (tertiary/aromatic N) is 2. The zero-order valence-corrected chi connectivity index (χ0v) is 8.15. The van der Waals surface area contributed by atoms with Crippen molar-refractivity contribution in [3.8, 4) is 5.88 Å². The third kappa shape index (κ3) is 2.42. The number of aromatic carboxylic acids is 1. The molecule has 1 heterocycles. The summed E-state index contributed by atoms with van der Waals surface area (Å²) in [6, 6.07) is 1.32. The molecule has 0 saturated heterocycles. The molecule has 0 fully saturated rings. The number of aromatic nitrogens is 2. The van der Waals surface area contributed by atoms with Crippen LogP contribution in [0.1, 0.15) is 30.2 Å². The molecule has 0 spiro atoms. The van der Waals surface area contributed by atoms with Crippen molar-refractivity contribution in [3.63, 3.8) is 0 Å². The highest BCUT2D eigenvalue weighted by molar-refractivity contribution is 5.85. The van der Waals surface area contributed by atoms with Crippen LogP contribution in [0.2, 0.25) is 0 Å². The molecular formula is C9H12N2O3. The predicted molar refractivity (Wildman–Crippen MR) is 49.5 cm³/mol. The largest absolute Gasteiger partial charge is 0.478 e. The average Bonchev–Trinajstić information content (AvgIpc) is 2.17. The fraction of sp³-hybridized carbons (Fsp3) is 0.444. The van der Waals surface area contributed by atoms with Crippen molar-refractivity contribution in [3.05, 3.63) is 17.6 Å². The van der Waals surface area contributed by atoms with Crippen molar-refractivity contribution in [2.75, 3.05) is 6.61 Å². The monoisotopic (exact) mass is 196 g/mol. The van der Waals surface area contributed by atoms with E-state index in [1.807, 2.05) is 13.8 Å². The third-order valence-electron chi connectivity index (χ3n) is 1.58. The van der Waals surface area contributed by atoms with Crippen LogP contribution in [-0.2, 0) is 6.42 Å². The molecule has 0 amide bonds. The van der Waals surface area contributed by atoms with Gasteiger partial charge in [-0.05, 0) is 6.92 Å². The van der Waals surface area contributed by atoms with Gasteiger partial charge in [0.05, 0.1) is 6.61 Å². The van der Waals surface area contributed by atoms with Gasteiger partial charge in [-0.25, -0.2) is 9.78 Å². The Balaban J connectivity index is 3.06. The number of aryl methyl sites for hydroxylation is 1. The lowest BCUT2D eigenvalue weighted by Crippen LogP contribution is -2.07. The molecule has 0 aliphatic carbocycles. The van der Waals surface area contributed by atoms with Crippen LogP contribution in [0.25, 0.3) is 0 Å². The maximum absolute atomic E-state index is 10.7. The van der Waals surface area contributed by atoms with Gasteiger partial charge in [0, 0.05) is 12.5 Å². The van der Waals surface area contributed by atoms with Crippen molar-refractivity contribution in [2.24, 2.45) is 0 Å². The summed E-state index contributed by atoms with van der Waals surface area (Å²) in [6.45, 7) is 4.13. The maximum atomic E-state index is 10.7. The number of carboxylic acids is 1. The van der Waals surface area contributed by atoms with E-state index in [9.17, 15) is 4.79 Å². The van der Waals surface area contributed by atoms with Crippen molar-refractivity contribution in [1.82, 2.24) is 9.97 Å². The quantitative estimate of drug-likeness (QED) is 0.781. The number of hydrogen-bond acceptors (Lipinski definition) is 4. The molecule has 14 heavy (non-hydrogen) atoms. The first-order chi connectivity index (χ1) is 6.67. The van der Waals surface area contributed by atoms with Gasteiger partial charge in [-0.1, -0.05) is 6.92 Å². The van der Waals surface area contributed by atoms with Gasteiger partial charge in [0.1, 0.15) is 5.82 Å². The highest BCUT2D eigenvalue weighted by Crippen LogP contribution is 2.09. The summed E-state index contributed by atoms with van der Waals surface area (Å²) in [5.74, 6) is -0.270. The number of ether oxygens (including phenoxy) is 1. The van der Waals surface area contributed by atoms with E-state index in [1.54, 1.807) is 0 Å². The van der Waals surface area contributed by atoms with Gasteiger partial charge < -0.3 is 9.84 Å². The lowest BCUT2D eigenvalue weighted by Gasteiger charge is -2.04. The summed E-state index contributed by atoms with van der Waals surface area (Å²) in [4.78, 5) is 18.6. The Bertz CT molecular complexity index is 339. The van der Waals surface area contributed by atoms with Crippen molar-refractivity contribution < 1.29 is 14.6 Å². The molecule has 1 rings (SSSR count). The van der Waals surface area contributed by atoms with Crippen LogP contribution in [0.4, 0.5) is 0 Å². The third-order valence-corrected chi connectivity index (χ3v) is 1.58. The van der Waals surface area contributed by atoms with E-state index in [2.05, 4.69) is 9.97 Å². The fourth-order valence-corrected chi connectivity index (χ4v) is 0.962. The van der Waals surface area contributed by atoms with Gasteiger partial charge in [-0.15, -0.1) is 0 Å². The second-order valence-corrected chi connectivity index (χ2v) is 2.60. The lowest BCUT2D eigenvalue weighted by atomic mass is 10.3. The van der Waals surface area contributed by atoms with E-state index in [4.69, 9.17) is 9.84 Å². The average molecular weight is 196 g/mol. The van der Waals surface area contributed by atoms with Crippen LogP contribution < -0.4 is 4.74 Å². The van der Waals surface area contributed by atoms with Crippen LogP contribution in [-0.4, -0.2) is 27.7 Å². The summed E-state index contributed by atoms with van der Waals surface area (Å²) >= 11 is 0. The number of hydrogen-bond donors (Lipinski definition) is 1. The van der Waals surface area contributed by atoms with E-state index in [0.717, 1.165) is 0 Å². The molecule has 1 aromatic rings. The summed E-state index contributed by atoms with van der Waals surface area (Å²) in [6.07, 6.45) is 0.585. The minimum absolute atomic E-state index is 0.0275. The molecule has 1 N–H and O–H groups in total. The van der Waals surface area contributed by atoms with Crippen molar-refractivity contribution in [1.29, 1.82) is 0 Å². The van der Waals surface area contributed by atoms with E-state index in [-0.39, 0.29) is 5.69 Å². The summed E-state index contributed by atoms with van der Waals surface area (Å²) in [5, 5.41) is 8.75. The molecule has 0 saturated carbocycles. The molecule has 0 unspecified atom stereocenters. The molecule has 0 radical (unpaired) electrons. The van der Waals surface area contributed by atoms with Crippen LogP contribution in [0, 0.1) is 0 Å². The predicted octanol–water partition coefficient (Wildman–Crippen LogP) is 1.14. The second kappa shape index (κ2) is 4.55. The number of carbonyl (C=O) groups is 1. The van der Waals surface area contributed by atoms with Gasteiger partial charge in [0.2, 0.25) is 5.88 Å². The first kappa shape index (κ1) is 10.4. The first-order valence-electron chi connectivity index (χ1n) is 4.41. The van der Waals surface area contributed by atoms with Crippen LogP contribution in [0.3, 0.4) is 0 Å². The van der Waals surface area contributed by atoms with E-state index >= 15 is 0 Å². The lowest BCUT2D eigenvalue weighted by molar-refractivity contribution is 0.0689. The Hall–Kier alpha value is -1.65. The Morgan fingerprint density at radius 2 is 2.21 bits per heavy atom. The second-order valence-electron chi connectivity index (χ2n) is 2.60. The highest BCUT2D eigenvalue weighted by Gasteiger charge is 2.09. The van der Waals surface area contributed by atoms with E-state index < -0.39 is 5.97 Å². The van der Waals surface area contributed by atoms with Crippen LogP contribution >= 0.6 is 0 Å². The molecule has 0 bridgehead atoms. The molecule has 5 nitrogen and oxygen atoms in total. The van der Waals surface area contributed by atoms with Gasteiger partial charge in [-0.3, -0.25) is 0 Å². The van der Waals surface area contributed by atoms with Gasteiger partial charge in [0.15, 0.2) is 5.69 Å². The molecule has 0 aliphatic heterocycles. The normalized spacial score (nSPS) is 9.86. The Morgan fingerprint density at radius 3 is 2.71 bits per heavy atom. The summed E-state index contributed by atoms with van der Waals surface area (Å²) in [7, 11) is 0. The van der Waals surface area contributed by atoms with E-state index in [1.165, 1.54) is 6.07 Å². The molecule has 76 valence electrons. The Kier molecular flexibility index (Phi) is 3.39. The molecule has 5 heteroatoms. The number of rotatable bonds is 4. The van der Waals surface area contributed by atoms with Gasteiger partial charge in [-0.2, -0.15) is 4.98 Å². The minimum Gasteiger partial charge on any atom is -0.478 e. The summed E-state index contributed by atoms with van der Waals surface area (Å²) < 4.78 is 5.12. The summed E-state index contributed by atoms with van der Waals surface area (Å²) in [5.41, 5.74) is -0.0275. The Labute approximate surface area is 81.8 Å². The van der Waals surface area contributed by atoms with Crippen molar-refractivity contribution in [2.45, 2.75) is 20.3 Å². The van der Waals surface area contributed by atoms with Gasteiger partial charge >= 0.3 is 5.97 Å². The van der Waals surface area contributed by atoms with Gasteiger partial charge in [0.25, 0.3) is 0 Å². The molecule has 0 aliphatic rings. The number of carboxylic acid groups (broad SMARTS) is 1.